The van der Waals surface area contributed by atoms with E-state index in [-0.39, 0.29) is 18.0 Å². The van der Waals surface area contributed by atoms with Gasteiger partial charge in [0.15, 0.2) is 0 Å². The molecule has 0 aliphatic carbocycles. The van der Waals surface area contributed by atoms with Crippen molar-refractivity contribution < 1.29 is 17.9 Å². The third-order valence-electron chi connectivity index (χ3n) is 3.11. The molecule has 2 aromatic rings. The number of rotatable bonds is 5. The highest BCUT2D eigenvalue weighted by Crippen LogP contribution is 2.37. The van der Waals surface area contributed by atoms with Crippen molar-refractivity contribution in [3.63, 3.8) is 0 Å². The smallest absolute Gasteiger partial charge is 0.418 e. The van der Waals surface area contributed by atoms with Crippen LogP contribution in [0.25, 0.3) is 0 Å². The van der Waals surface area contributed by atoms with Crippen LogP contribution in [0.1, 0.15) is 18.3 Å². The quantitative estimate of drug-likeness (QED) is 0.918. The Morgan fingerprint density at radius 3 is 2.71 bits per heavy atom. The Morgan fingerprint density at radius 1 is 1.33 bits per heavy atom. The minimum Gasteiger partial charge on any atom is -0.497 e. The van der Waals surface area contributed by atoms with Gasteiger partial charge in [0.1, 0.15) is 11.6 Å². The van der Waals surface area contributed by atoms with Crippen molar-refractivity contribution >= 4 is 5.69 Å². The van der Waals surface area contributed by atoms with E-state index < -0.39 is 11.7 Å². The molecular weight excluding hydrogens is 283 g/mol. The summed E-state index contributed by atoms with van der Waals surface area (Å²) in [7, 11) is 1.33. The van der Waals surface area contributed by atoms with Crippen LogP contribution in [0, 0.1) is 0 Å². The van der Waals surface area contributed by atoms with E-state index in [2.05, 4.69) is 10.3 Å². The van der Waals surface area contributed by atoms with E-state index >= 15 is 0 Å². The van der Waals surface area contributed by atoms with E-state index in [4.69, 9.17) is 4.74 Å². The third-order valence-corrected chi connectivity index (χ3v) is 3.11. The maximum absolute atomic E-state index is 13.1. The average molecular weight is 299 g/mol. The average Bonchev–Trinajstić information content (AvgIpc) is 2.91. The zero-order chi connectivity index (χ0) is 15.5. The van der Waals surface area contributed by atoms with Crippen molar-refractivity contribution in [3.8, 4) is 5.75 Å². The molecule has 0 unspecified atom stereocenters. The second-order valence-corrected chi connectivity index (χ2v) is 4.39. The molecule has 1 aromatic carbocycles. The van der Waals surface area contributed by atoms with Crippen LogP contribution in [0.2, 0.25) is 0 Å². The van der Waals surface area contributed by atoms with Crippen LogP contribution in [-0.2, 0) is 19.3 Å². The van der Waals surface area contributed by atoms with E-state index in [1.165, 1.54) is 19.2 Å². The minimum absolute atomic E-state index is 0.00829. The highest BCUT2D eigenvalue weighted by Gasteiger charge is 2.34. The summed E-state index contributed by atoms with van der Waals surface area (Å²) < 4.78 is 45.9. The maximum atomic E-state index is 13.1. The number of hydrogen-bond acceptors (Lipinski definition) is 3. The Bertz CT molecular complexity index is 608. The fourth-order valence-electron chi connectivity index (χ4n) is 2.01. The molecule has 0 aliphatic heterocycles. The Hall–Kier alpha value is -2.18. The number of aryl methyl sites for hydroxylation is 1. The van der Waals surface area contributed by atoms with Gasteiger partial charge >= 0.3 is 6.18 Å². The second-order valence-electron chi connectivity index (χ2n) is 4.39. The third kappa shape index (κ3) is 3.48. The molecule has 1 heterocycles. The van der Waals surface area contributed by atoms with E-state index in [0.717, 1.165) is 6.07 Å². The minimum atomic E-state index is -4.45. The van der Waals surface area contributed by atoms with Crippen molar-refractivity contribution in [1.82, 2.24) is 9.55 Å². The van der Waals surface area contributed by atoms with Crippen molar-refractivity contribution in [1.29, 1.82) is 0 Å². The highest BCUT2D eigenvalue weighted by atomic mass is 19.4. The molecule has 0 spiro atoms. The van der Waals surface area contributed by atoms with Gasteiger partial charge in [0, 0.05) is 24.6 Å². The zero-order valence-electron chi connectivity index (χ0n) is 11.7. The van der Waals surface area contributed by atoms with Crippen LogP contribution >= 0.6 is 0 Å². The van der Waals surface area contributed by atoms with E-state index in [1.807, 2.05) is 11.5 Å². The highest BCUT2D eigenvalue weighted by molar-refractivity contribution is 5.55. The van der Waals surface area contributed by atoms with Gasteiger partial charge < -0.3 is 14.6 Å². The summed E-state index contributed by atoms with van der Waals surface area (Å²) in [6.07, 6.45) is -1.04. The lowest BCUT2D eigenvalue weighted by molar-refractivity contribution is -0.137. The van der Waals surface area contributed by atoms with Crippen molar-refractivity contribution in [2.75, 3.05) is 12.4 Å². The van der Waals surface area contributed by atoms with Crippen LogP contribution in [0.4, 0.5) is 18.9 Å². The van der Waals surface area contributed by atoms with Crippen molar-refractivity contribution in [3.05, 3.63) is 42.0 Å². The lowest BCUT2D eigenvalue weighted by Crippen LogP contribution is -2.13. The summed E-state index contributed by atoms with van der Waals surface area (Å²) in [6.45, 7) is 2.88. The van der Waals surface area contributed by atoms with Gasteiger partial charge in [-0.3, -0.25) is 0 Å². The van der Waals surface area contributed by atoms with Gasteiger partial charge in [-0.1, -0.05) is 0 Å². The number of hydrogen-bond donors (Lipinski definition) is 1. The molecule has 0 bridgehead atoms. The first-order valence-electron chi connectivity index (χ1n) is 6.44. The first-order valence-corrected chi connectivity index (χ1v) is 6.44. The molecule has 114 valence electrons. The number of methoxy groups -OCH3 is 1. The monoisotopic (exact) mass is 299 g/mol. The molecule has 0 aliphatic rings. The summed E-state index contributed by atoms with van der Waals surface area (Å²) in [5.74, 6) is 0.851. The molecule has 2 rings (SSSR count). The van der Waals surface area contributed by atoms with Crippen LogP contribution in [-0.4, -0.2) is 16.7 Å². The number of halogens is 3. The number of imidazole rings is 1. The van der Waals surface area contributed by atoms with Gasteiger partial charge in [-0.05, 0) is 25.1 Å². The second kappa shape index (κ2) is 6.07. The van der Waals surface area contributed by atoms with Crippen molar-refractivity contribution in [2.24, 2.45) is 0 Å². The summed E-state index contributed by atoms with van der Waals surface area (Å²) in [5.41, 5.74) is -0.745. The van der Waals surface area contributed by atoms with Crippen LogP contribution in [0.15, 0.2) is 30.6 Å². The number of anilines is 1. The molecule has 0 saturated carbocycles. The number of ether oxygens (including phenoxy) is 1. The zero-order valence-corrected chi connectivity index (χ0v) is 11.7. The predicted octanol–water partition coefficient (Wildman–Crippen LogP) is 3.54. The van der Waals surface area contributed by atoms with E-state index in [9.17, 15) is 13.2 Å². The largest absolute Gasteiger partial charge is 0.497 e. The van der Waals surface area contributed by atoms with Gasteiger partial charge in [0.05, 0.1) is 19.2 Å². The Kier molecular flexibility index (Phi) is 4.40. The molecule has 1 aromatic heterocycles. The fraction of sp³-hybridized carbons (Fsp3) is 0.357. The van der Waals surface area contributed by atoms with Gasteiger partial charge in [0.25, 0.3) is 0 Å². The molecule has 0 fully saturated rings. The summed E-state index contributed by atoms with van der Waals surface area (Å²) in [4.78, 5) is 4.12. The molecule has 0 amide bonds. The summed E-state index contributed by atoms with van der Waals surface area (Å²) in [5, 5.41) is 2.79. The van der Waals surface area contributed by atoms with Gasteiger partial charge in [-0.2, -0.15) is 13.2 Å². The summed E-state index contributed by atoms with van der Waals surface area (Å²) in [6, 6.07) is 3.83. The number of aromatic nitrogens is 2. The SMILES string of the molecule is CCn1ccnc1CNc1ccc(OC)cc1C(F)(F)F. The molecule has 21 heavy (non-hydrogen) atoms. The first-order chi connectivity index (χ1) is 9.95. The molecular formula is C14H16F3N3O. The van der Waals surface area contributed by atoms with E-state index in [1.54, 1.807) is 12.4 Å². The van der Waals surface area contributed by atoms with Gasteiger partial charge in [0.2, 0.25) is 0 Å². The number of nitrogens with one attached hydrogen (secondary N) is 1. The Balaban J connectivity index is 2.23. The van der Waals surface area contributed by atoms with Crippen LogP contribution < -0.4 is 10.1 Å². The Labute approximate surface area is 120 Å². The molecule has 7 heteroatoms. The summed E-state index contributed by atoms with van der Waals surface area (Å²) >= 11 is 0. The van der Waals surface area contributed by atoms with Gasteiger partial charge in [-0.25, -0.2) is 4.98 Å². The fourth-order valence-corrected chi connectivity index (χ4v) is 2.01. The van der Waals surface area contributed by atoms with E-state index in [0.29, 0.717) is 12.4 Å². The molecule has 1 N–H and O–H groups in total. The first kappa shape index (κ1) is 15.2. The number of benzene rings is 1. The van der Waals surface area contributed by atoms with Crippen molar-refractivity contribution in [2.45, 2.75) is 26.2 Å². The topological polar surface area (TPSA) is 39.1 Å². The molecule has 4 nitrogen and oxygen atoms in total. The Morgan fingerprint density at radius 2 is 2.10 bits per heavy atom. The number of nitrogens with zero attached hydrogens (tertiary/aromatic N) is 2. The normalized spacial score (nSPS) is 11.5. The van der Waals surface area contributed by atoms with Crippen LogP contribution in [0.3, 0.4) is 0 Å². The molecule has 0 atom stereocenters. The standard InChI is InChI=1S/C14H16F3N3O/c1-3-20-7-6-18-13(20)9-19-12-5-4-10(21-2)8-11(12)14(15,16)17/h4-8,19H,3,9H2,1-2H3. The number of alkyl halides is 3. The lowest BCUT2D eigenvalue weighted by Gasteiger charge is -2.16. The maximum Gasteiger partial charge on any atom is 0.418 e. The molecule has 0 saturated heterocycles. The lowest BCUT2D eigenvalue weighted by atomic mass is 10.1. The van der Waals surface area contributed by atoms with Crippen LogP contribution in [0.5, 0.6) is 5.75 Å². The molecule has 0 radical (unpaired) electrons. The predicted molar refractivity (Wildman–Crippen MR) is 73.2 cm³/mol. The van der Waals surface area contributed by atoms with Gasteiger partial charge in [-0.15, -0.1) is 0 Å².